The minimum Gasteiger partial charge on any atom is -0.413 e. The maximum atomic E-state index is 10.6. The molecule has 1 aliphatic carbocycles. The van der Waals surface area contributed by atoms with Crippen molar-refractivity contribution in [2.45, 2.75) is 85.2 Å². The molecule has 1 N–H and O–H groups in total. The molecule has 0 radical (unpaired) electrons. The quantitative estimate of drug-likeness (QED) is 0.408. The van der Waals surface area contributed by atoms with Crippen LogP contribution in [0.25, 0.3) is 0 Å². The number of hydrogen-bond acceptors (Lipinski definition) is 3. The SMILES string of the molecule is CC1=C(/C=C/C(C)=C/C#N)C(C)(C)[C@@H](O[Si](C)(C)C(C)(C)C)C[C@H]1O. The lowest BCUT2D eigenvalue weighted by molar-refractivity contribution is 0.0265. The van der Waals surface area contributed by atoms with Crippen molar-refractivity contribution in [1.29, 1.82) is 5.26 Å². The van der Waals surface area contributed by atoms with Crippen molar-refractivity contribution in [1.82, 2.24) is 0 Å². The van der Waals surface area contributed by atoms with Crippen LogP contribution in [0, 0.1) is 16.7 Å². The first-order chi connectivity index (χ1) is 11.2. The van der Waals surface area contributed by atoms with E-state index < -0.39 is 14.4 Å². The Morgan fingerprint density at radius 1 is 1.36 bits per heavy atom. The third-order valence-corrected chi connectivity index (χ3v) is 10.4. The van der Waals surface area contributed by atoms with E-state index in [1.807, 2.05) is 26.0 Å². The molecular weight excluding hydrogens is 326 g/mol. The van der Waals surface area contributed by atoms with Crippen LogP contribution in [0.5, 0.6) is 0 Å². The van der Waals surface area contributed by atoms with Gasteiger partial charge in [0.25, 0.3) is 0 Å². The molecule has 0 bridgehead atoms. The summed E-state index contributed by atoms with van der Waals surface area (Å²) in [5.74, 6) is 0. The number of aliphatic hydroxyl groups excluding tert-OH is 1. The molecule has 0 aromatic heterocycles. The molecule has 0 unspecified atom stereocenters. The number of rotatable bonds is 4. The first-order valence-corrected chi connectivity index (χ1v) is 12.0. The number of aliphatic hydroxyl groups is 1. The molecule has 25 heavy (non-hydrogen) atoms. The van der Waals surface area contributed by atoms with Crippen LogP contribution in [-0.2, 0) is 4.43 Å². The van der Waals surface area contributed by atoms with Gasteiger partial charge in [0.15, 0.2) is 8.32 Å². The molecular formula is C21H35NO2Si. The van der Waals surface area contributed by atoms with E-state index in [9.17, 15) is 5.11 Å². The zero-order valence-electron chi connectivity index (χ0n) is 17.4. The van der Waals surface area contributed by atoms with Gasteiger partial charge in [0.2, 0.25) is 0 Å². The van der Waals surface area contributed by atoms with Crippen LogP contribution in [0.15, 0.2) is 34.9 Å². The van der Waals surface area contributed by atoms with Crippen molar-refractivity contribution in [2.24, 2.45) is 5.41 Å². The van der Waals surface area contributed by atoms with Crippen LogP contribution in [0.2, 0.25) is 18.1 Å². The van der Waals surface area contributed by atoms with E-state index in [1.165, 1.54) is 6.08 Å². The minimum absolute atomic E-state index is 0.0213. The summed E-state index contributed by atoms with van der Waals surface area (Å²) in [6.07, 6.45) is 5.65. The number of nitriles is 1. The molecule has 1 aliphatic rings. The highest BCUT2D eigenvalue weighted by Gasteiger charge is 2.46. The highest BCUT2D eigenvalue weighted by molar-refractivity contribution is 6.74. The van der Waals surface area contributed by atoms with Crippen LogP contribution in [0.4, 0.5) is 0 Å². The summed E-state index contributed by atoms with van der Waals surface area (Å²) >= 11 is 0. The Bertz CT molecular complexity index is 627. The van der Waals surface area contributed by atoms with Crippen molar-refractivity contribution < 1.29 is 9.53 Å². The molecule has 0 amide bonds. The second-order valence-corrected chi connectivity index (χ2v) is 14.0. The maximum Gasteiger partial charge on any atom is 0.192 e. The summed E-state index contributed by atoms with van der Waals surface area (Å²) in [6, 6.07) is 2.05. The summed E-state index contributed by atoms with van der Waals surface area (Å²) in [5, 5.41) is 19.5. The summed E-state index contributed by atoms with van der Waals surface area (Å²) < 4.78 is 6.71. The Labute approximate surface area is 155 Å². The Morgan fingerprint density at radius 3 is 2.40 bits per heavy atom. The molecule has 0 heterocycles. The summed E-state index contributed by atoms with van der Waals surface area (Å²) in [6.45, 7) is 19.5. The average Bonchev–Trinajstić information content (AvgIpc) is 2.43. The Hall–Kier alpha value is -1.15. The van der Waals surface area contributed by atoms with Crippen LogP contribution in [-0.4, -0.2) is 25.6 Å². The molecule has 0 spiro atoms. The average molecular weight is 362 g/mol. The normalized spacial score (nSPS) is 25.4. The molecule has 0 aromatic carbocycles. The zero-order chi connectivity index (χ0) is 19.6. The maximum absolute atomic E-state index is 10.6. The summed E-state index contributed by atoms with van der Waals surface area (Å²) in [4.78, 5) is 0. The predicted molar refractivity (Wildman–Crippen MR) is 108 cm³/mol. The van der Waals surface area contributed by atoms with Crippen molar-refractivity contribution in [3.05, 3.63) is 34.9 Å². The van der Waals surface area contributed by atoms with Crippen LogP contribution >= 0.6 is 0 Å². The van der Waals surface area contributed by atoms with E-state index in [1.54, 1.807) is 0 Å². The monoisotopic (exact) mass is 361 g/mol. The van der Waals surface area contributed by atoms with Gasteiger partial charge >= 0.3 is 0 Å². The second kappa shape index (κ2) is 7.61. The first-order valence-electron chi connectivity index (χ1n) is 9.05. The minimum atomic E-state index is -1.93. The molecule has 0 aromatic rings. The fraction of sp³-hybridized carbons (Fsp3) is 0.667. The van der Waals surface area contributed by atoms with E-state index in [4.69, 9.17) is 9.69 Å². The largest absolute Gasteiger partial charge is 0.413 e. The molecule has 0 aliphatic heterocycles. The summed E-state index contributed by atoms with van der Waals surface area (Å²) in [7, 11) is -1.93. The second-order valence-electron chi connectivity index (χ2n) is 9.29. The molecule has 2 atom stereocenters. The number of hydrogen-bond donors (Lipinski definition) is 1. The zero-order valence-corrected chi connectivity index (χ0v) is 18.4. The number of nitrogens with zero attached hydrogens (tertiary/aromatic N) is 1. The van der Waals surface area contributed by atoms with Gasteiger partial charge in [0, 0.05) is 17.9 Å². The van der Waals surface area contributed by atoms with Gasteiger partial charge in [-0.2, -0.15) is 5.26 Å². The lowest BCUT2D eigenvalue weighted by Gasteiger charge is -2.48. The van der Waals surface area contributed by atoms with Gasteiger partial charge in [-0.3, -0.25) is 0 Å². The van der Waals surface area contributed by atoms with Crippen molar-refractivity contribution in [3.8, 4) is 6.07 Å². The lowest BCUT2D eigenvalue weighted by atomic mass is 9.69. The van der Waals surface area contributed by atoms with Gasteiger partial charge in [-0.15, -0.1) is 0 Å². The van der Waals surface area contributed by atoms with Gasteiger partial charge in [-0.05, 0) is 48.7 Å². The van der Waals surface area contributed by atoms with Crippen molar-refractivity contribution >= 4 is 8.32 Å². The fourth-order valence-electron chi connectivity index (χ4n) is 2.97. The molecule has 1 rings (SSSR count). The smallest absolute Gasteiger partial charge is 0.192 e. The first kappa shape index (κ1) is 21.9. The summed E-state index contributed by atoms with van der Waals surface area (Å²) in [5.41, 5.74) is 2.82. The Morgan fingerprint density at radius 2 is 1.92 bits per heavy atom. The standard InChI is InChI=1S/C21H35NO2Si/c1-15(12-13-22)10-11-17-16(2)18(23)14-19(21(17,6)7)24-25(8,9)20(3,4)5/h10-12,18-19,23H,14H2,1-9H3/b11-10+,15-12+/t18-,19+/m1/s1. The van der Waals surface area contributed by atoms with E-state index in [-0.39, 0.29) is 16.6 Å². The van der Waals surface area contributed by atoms with E-state index in [0.717, 1.165) is 16.7 Å². The third kappa shape index (κ3) is 4.94. The van der Waals surface area contributed by atoms with Gasteiger partial charge in [-0.25, -0.2) is 0 Å². The van der Waals surface area contributed by atoms with Gasteiger partial charge in [0.05, 0.1) is 18.3 Å². The molecule has 0 fully saturated rings. The van der Waals surface area contributed by atoms with Crippen LogP contribution in [0.3, 0.4) is 0 Å². The predicted octanol–water partition coefficient (Wildman–Crippen LogP) is 5.51. The molecule has 0 saturated carbocycles. The highest BCUT2D eigenvalue weighted by atomic mass is 28.4. The lowest BCUT2D eigenvalue weighted by Crippen LogP contribution is -2.51. The molecule has 3 nitrogen and oxygen atoms in total. The fourth-order valence-corrected chi connectivity index (χ4v) is 4.43. The van der Waals surface area contributed by atoms with Crippen molar-refractivity contribution in [3.63, 3.8) is 0 Å². The van der Waals surface area contributed by atoms with Gasteiger partial charge in [-0.1, -0.05) is 46.8 Å². The number of allylic oxidation sites excluding steroid dienone is 4. The van der Waals surface area contributed by atoms with Gasteiger partial charge in [0.1, 0.15) is 0 Å². The molecule has 4 heteroatoms. The topological polar surface area (TPSA) is 53.2 Å². The highest BCUT2D eigenvalue weighted by Crippen LogP contribution is 2.47. The van der Waals surface area contributed by atoms with Crippen LogP contribution < -0.4 is 0 Å². The van der Waals surface area contributed by atoms with E-state index in [0.29, 0.717) is 6.42 Å². The van der Waals surface area contributed by atoms with Crippen molar-refractivity contribution in [2.75, 3.05) is 0 Å². The third-order valence-electron chi connectivity index (χ3n) is 5.91. The van der Waals surface area contributed by atoms with Gasteiger partial charge < -0.3 is 9.53 Å². The molecule has 0 saturated heterocycles. The van der Waals surface area contributed by atoms with E-state index >= 15 is 0 Å². The Kier molecular flexibility index (Phi) is 6.67. The Balaban J connectivity index is 3.24. The van der Waals surface area contributed by atoms with E-state index in [2.05, 4.69) is 53.8 Å². The molecule has 140 valence electrons. The van der Waals surface area contributed by atoms with Crippen LogP contribution in [0.1, 0.15) is 54.9 Å².